The van der Waals surface area contributed by atoms with Gasteiger partial charge in [0.2, 0.25) is 0 Å². The summed E-state index contributed by atoms with van der Waals surface area (Å²) in [6, 6.07) is 3.98. The molecule has 1 aliphatic carbocycles. The van der Waals surface area contributed by atoms with Crippen molar-refractivity contribution in [2.24, 2.45) is 11.7 Å². The van der Waals surface area contributed by atoms with Crippen molar-refractivity contribution < 1.29 is 14.5 Å². The lowest BCUT2D eigenvalue weighted by Gasteiger charge is -2.30. The van der Waals surface area contributed by atoms with E-state index in [1.54, 1.807) is 6.92 Å². The predicted molar refractivity (Wildman–Crippen MR) is 103 cm³/mol. The molecule has 7 nitrogen and oxygen atoms in total. The van der Waals surface area contributed by atoms with Crippen LogP contribution in [0.1, 0.15) is 39.0 Å². The SMILES string of the molecule is CC(Oc1ccc(Cl)cc1[N+](=O)[O-])C(=O)NC(CN)C1CCCCC1.Cl. The summed E-state index contributed by atoms with van der Waals surface area (Å²) in [4.78, 5) is 22.9. The van der Waals surface area contributed by atoms with E-state index in [9.17, 15) is 14.9 Å². The number of carbonyl (C=O) groups excluding carboxylic acids is 1. The van der Waals surface area contributed by atoms with Gasteiger partial charge in [0.25, 0.3) is 5.91 Å². The van der Waals surface area contributed by atoms with Crippen LogP contribution in [0.5, 0.6) is 5.75 Å². The third-order valence-corrected chi connectivity index (χ3v) is 4.83. The molecule has 1 saturated carbocycles. The fourth-order valence-corrected chi connectivity index (χ4v) is 3.35. The molecule has 2 unspecified atom stereocenters. The Hall–Kier alpha value is -1.57. The molecule has 0 saturated heterocycles. The first-order valence-electron chi connectivity index (χ1n) is 8.53. The van der Waals surface area contributed by atoms with Gasteiger partial charge in [0.15, 0.2) is 11.9 Å². The first-order valence-corrected chi connectivity index (χ1v) is 8.91. The molecule has 1 aromatic rings. The Morgan fingerprint density at radius 1 is 1.42 bits per heavy atom. The molecule has 3 N–H and O–H groups in total. The van der Waals surface area contributed by atoms with Gasteiger partial charge in [0.1, 0.15) is 0 Å². The first-order chi connectivity index (χ1) is 11.9. The third kappa shape index (κ3) is 6.00. The average Bonchev–Trinajstić information content (AvgIpc) is 2.61. The van der Waals surface area contributed by atoms with Crippen LogP contribution in [0.15, 0.2) is 18.2 Å². The molecule has 2 atom stereocenters. The second-order valence-corrected chi connectivity index (χ2v) is 6.81. The van der Waals surface area contributed by atoms with Gasteiger partial charge >= 0.3 is 5.69 Å². The number of amides is 1. The minimum atomic E-state index is -0.877. The van der Waals surface area contributed by atoms with Crippen LogP contribution < -0.4 is 15.8 Å². The Morgan fingerprint density at radius 2 is 2.08 bits per heavy atom. The lowest BCUT2D eigenvalue weighted by molar-refractivity contribution is -0.386. The molecule has 26 heavy (non-hydrogen) atoms. The standard InChI is InChI=1S/C17H24ClN3O4.ClH/c1-11(25-16-8-7-13(18)9-15(16)21(23)24)17(22)20-14(10-19)12-5-3-2-4-6-12;/h7-9,11-12,14H,2-6,10,19H2,1H3,(H,20,22);1H. The minimum absolute atomic E-state index is 0. The Labute approximate surface area is 164 Å². The summed E-state index contributed by atoms with van der Waals surface area (Å²) >= 11 is 5.78. The van der Waals surface area contributed by atoms with Gasteiger partial charge in [-0.3, -0.25) is 14.9 Å². The summed E-state index contributed by atoms with van der Waals surface area (Å²) in [5.74, 6) is 0.0593. The zero-order chi connectivity index (χ0) is 18.4. The van der Waals surface area contributed by atoms with Crippen molar-refractivity contribution in [3.8, 4) is 5.75 Å². The molecule has 0 radical (unpaired) electrons. The molecule has 2 rings (SSSR count). The summed E-state index contributed by atoms with van der Waals surface area (Å²) in [5.41, 5.74) is 5.56. The van der Waals surface area contributed by atoms with Crippen molar-refractivity contribution >= 4 is 35.6 Å². The topological polar surface area (TPSA) is 107 Å². The maximum Gasteiger partial charge on any atom is 0.312 e. The fourth-order valence-electron chi connectivity index (χ4n) is 3.18. The highest BCUT2D eigenvalue weighted by Crippen LogP contribution is 2.31. The number of carbonyl (C=O) groups is 1. The van der Waals surface area contributed by atoms with Gasteiger partial charge in [-0.15, -0.1) is 12.4 Å². The van der Waals surface area contributed by atoms with E-state index in [-0.39, 0.29) is 40.8 Å². The van der Waals surface area contributed by atoms with E-state index in [2.05, 4.69) is 5.32 Å². The third-order valence-electron chi connectivity index (χ3n) is 4.59. The Bertz CT molecular complexity index is 624. The summed E-state index contributed by atoms with van der Waals surface area (Å²) in [7, 11) is 0. The lowest BCUT2D eigenvalue weighted by atomic mass is 9.84. The number of nitro benzene ring substituents is 1. The summed E-state index contributed by atoms with van der Waals surface area (Å²) in [6.45, 7) is 1.92. The highest BCUT2D eigenvalue weighted by atomic mass is 35.5. The molecule has 1 aliphatic rings. The van der Waals surface area contributed by atoms with Crippen molar-refractivity contribution in [1.29, 1.82) is 0 Å². The number of nitrogens with one attached hydrogen (secondary N) is 1. The Morgan fingerprint density at radius 3 is 2.65 bits per heavy atom. The maximum atomic E-state index is 12.4. The van der Waals surface area contributed by atoms with E-state index in [4.69, 9.17) is 22.1 Å². The number of hydrogen-bond acceptors (Lipinski definition) is 5. The van der Waals surface area contributed by atoms with E-state index >= 15 is 0 Å². The number of rotatable bonds is 7. The number of ether oxygens (including phenoxy) is 1. The number of nitrogens with two attached hydrogens (primary N) is 1. The second-order valence-electron chi connectivity index (χ2n) is 6.38. The van der Waals surface area contributed by atoms with Crippen LogP contribution in [-0.4, -0.2) is 29.5 Å². The molecule has 0 aliphatic heterocycles. The molecule has 0 heterocycles. The molecule has 1 aromatic carbocycles. The zero-order valence-corrected chi connectivity index (χ0v) is 16.2. The van der Waals surface area contributed by atoms with Gasteiger partial charge in [-0.25, -0.2) is 0 Å². The number of nitro groups is 1. The van der Waals surface area contributed by atoms with Gasteiger partial charge in [0, 0.05) is 23.7 Å². The van der Waals surface area contributed by atoms with Gasteiger partial charge in [-0.2, -0.15) is 0 Å². The van der Waals surface area contributed by atoms with E-state index in [0.717, 1.165) is 25.7 Å². The Balaban J connectivity index is 0.00000338. The van der Waals surface area contributed by atoms with Crippen LogP contribution in [0.2, 0.25) is 5.02 Å². The smallest absolute Gasteiger partial charge is 0.312 e. The molecule has 0 bridgehead atoms. The highest BCUT2D eigenvalue weighted by Gasteiger charge is 2.27. The number of benzene rings is 1. The maximum absolute atomic E-state index is 12.4. The molecule has 1 amide bonds. The molecule has 146 valence electrons. The summed E-state index contributed by atoms with van der Waals surface area (Å²) < 4.78 is 5.50. The van der Waals surface area contributed by atoms with E-state index < -0.39 is 11.0 Å². The van der Waals surface area contributed by atoms with Crippen molar-refractivity contribution in [3.05, 3.63) is 33.3 Å². The van der Waals surface area contributed by atoms with Crippen LogP contribution in [0, 0.1) is 16.0 Å². The predicted octanol–water partition coefficient (Wildman–Crippen LogP) is 3.46. The molecular formula is C17H25Cl2N3O4. The van der Waals surface area contributed by atoms with E-state index in [1.165, 1.54) is 24.6 Å². The highest BCUT2D eigenvalue weighted by molar-refractivity contribution is 6.30. The summed E-state index contributed by atoms with van der Waals surface area (Å²) in [5, 5.41) is 14.3. The van der Waals surface area contributed by atoms with Crippen LogP contribution in [-0.2, 0) is 4.79 Å². The fraction of sp³-hybridized carbons (Fsp3) is 0.588. The molecule has 0 spiro atoms. The monoisotopic (exact) mass is 405 g/mol. The van der Waals surface area contributed by atoms with Crippen LogP contribution in [0.4, 0.5) is 5.69 Å². The quantitative estimate of drug-likeness (QED) is 0.533. The second kappa shape index (κ2) is 10.5. The molecule has 9 heteroatoms. The average molecular weight is 406 g/mol. The lowest BCUT2D eigenvalue weighted by Crippen LogP contribution is -2.49. The number of halogens is 2. The van der Waals surface area contributed by atoms with Crippen molar-refractivity contribution in [1.82, 2.24) is 5.32 Å². The molecule has 0 aromatic heterocycles. The Kier molecular flexibility index (Phi) is 9.12. The normalized spacial score (nSPS) is 16.9. The summed E-state index contributed by atoms with van der Waals surface area (Å²) in [6.07, 6.45) is 4.76. The van der Waals surface area contributed by atoms with Crippen LogP contribution >= 0.6 is 24.0 Å². The van der Waals surface area contributed by atoms with E-state index in [1.807, 2.05) is 0 Å². The minimum Gasteiger partial charge on any atom is -0.474 e. The van der Waals surface area contributed by atoms with Gasteiger partial charge < -0.3 is 15.8 Å². The number of nitrogens with zero attached hydrogens (tertiary/aromatic N) is 1. The van der Waals surface area contributed by atoms with Crippen molar-refractivity contribution in [3.63, 3.8) is 0 Å². The van der Waals surface area contributed by atoms with E-state index in [0.29, 0.717) is 12.5 Å². The van der Waals surface area contributed by atoms with Crippen molar-refractivity contribution in [2.45, 2.75) is 51.2 Å². The largest absolute Gasteiger partial charge is 0.474 e. The van der Waals surface area contributed by atoms with Crippen molar-refractivity contribution in [2.75, 3.05) is 6.54 Å². The van der Waals surface area contributed by atoms with Crippen LogP contribution in [0.3, 0.4) is 0 Å². The number of hydrogen-bond donors (Lipinski definition) is 2. The zero-order valence-electron chi connectivity index (χ0n) is 14.7. The first kappa shape index (κ1) is 22.5. The molecule has 1 fully saturated rings. The van der Waals surface area contributed by atoms with Crippen LogP contribution in [0.25, 0.3) is 0 Å². The van der Waals surface area contributed by atoms with Gasteiger partial charge in [-0.05, 0) is 37.8 Å². The molecular weight excluding hydrogens is 381 g/mol. The van der Waals surface area contributed by atoms with Gasteiger partial charge in [-0.1, -0.05) is 30.9 Å². The van der Waals surface area contributed by atoms with Gasteiger partial charge in [0.05, 0.1) is 4.92 Å².